The molecule has 2 rings (SSSR count). The van der Waals surface area contributed by atoms with Crippen molar-refractivity contribution in [2.24, 2.45) is 5.10 Å². The summed E-state index contributed by atoms with van der Waals surface area (Å²) in [6.07, 6.45) is 1.61. The van der Waals surface area contributed by atoms with E-state index >= 15 is 0 Å². The predicted octanol–water partition coefficient (Wildman–Crippen LogP) is 4.15. The van der Waals surface area contributed by atoms with E-state index in [1.54, 1.807) is 12.1 Å². The Morgan fingerprint density at radius 1 is 1.27 bits per heavy atom. The highest BCUT2D eigenvalue weighted by Gasteiger charge is 2.13. The van der Waals surface area contributed by atoms with E-state index in [-0.39, 0.29) is 23.5 Å². The van der Waals surface area contributed by atoms with Crippen LogP contribution in [-0.4, -0.2) is 24.3 Å². The normalized spacial score (nSPS) is 11.6. The van der Waals surface area contributed by atoms with E-state index in [1.807, 2.05) is 24.3 Å². The molecule has 26 heavy (non-hydrogen) atoms. The number of phenolic OH excluding ortho intramolecular Hbond substituents is 1. The molecule has 0 spiro atoms. The molecule has 0 aliphatic carbocycles. The number of ether oxygens (including phenoxy) is 1. The second kappa shape index (κ2) is 8.36. The van der Waals surface area contributed by atoms with E-state index in [4.69, 9.17) is 4.74 Å². The molecule has 0 atom stereocenters. The monoisotopic (exact) mass is 418 g/mol. The van der Waals surface area contributed by atoms with Crippen LogP contribution in [0.15, 0.2) is 46.0 Å². The van der Waals surface area contributed by atoms with Crippen LogP contribution in [0.2, 0.25) is 0 Å². The topological polar surface area (TPSA) is 70.9 Å². The zero-order valence-electron chi connectivity index (χ0n) is 15.3. The minimum atomic E-state index is -0.230. The van der Waals surface area contributed by atoms with Crippen LogP contribution < -0.4 is 10.2 Å². The van der Waals surface area contributed by atoms with Gasteiger partial charge in [-0.15, -0.1) is 0 Å². The SMILES string of the molecule is COc1cc(Br)c(O)c(/C=N\NC(=O)Cc2ccc(C(C)(C)C)cc2)c1. The van der Waals surface area contributed by atoms with Gasteiger partial charge in [0.05, 0.1) is 24.2 Å². The number of hydrogen-bond acceptors (Lipinski definition) is 4. The number of rotatable bonds is 5. The van der Waals surface area contributed by atoms with E-state index in [0.29, 0.717) is 15.8 Å². The first kappa shape index (κ1) is 20.0. The number of nitrogens with one attached hydrogen (secondary N) is 1. The maximum absolute atomic E-state index is 12.0. The Hall–Kier alpha value is -2.34. The number of benzene rings is 2. The Kier molecular flexibility index (Phi) is 6.42. The average Bonchev–Trinajstić information content (AvgIpc) is 2.58. The quantitative estimate of drug-likeness (QED) is 0.565. The van der Waals surface area contributed by atoms with Crippen molar-refractivity contribution >= 4 is 28.1 Å². The first-order valence-electron chi connectivity index (χ1n) is 8.18. The van der Waals surface area contributed by atoms with Crippen molar-refractivity contribution in [3.05, 3.63) is 57.6 Å². The van der Waals surface area contributed by atoms with Crippen molar-refractivity contribution in [3.8, 4) is 11.5 Å². The zero-order chi connectivity index (χ0) is 19.3. The number of methoxy groups -OCH3 is 1. The number of halogens is 1. The van der Waals surface area contributed by atoms with Gasteiger partial charge in [0.2, 0.25) is 5.91 Å². The third kappa shape index (κ3) is 5.33. The lowest BCUT2D eigenvalue weighted by atomic mass is 9.86. The molecular formula is C20H23BrN2O3. The molecule has 2 aromatic rings. The largest absolute Gasteiger partial charge is 0.506 e. The van der Waals surface area contributed by atoms with Crippen LogP contribution in [0.3, 0.4) is 0 Å². The van der Waals surface area contributed by atoms with E-state index in [1.165, 1.54) is 18.9 Å². The molecule has 0 bridgehead atoms. The second-order valence-corrected chi connectivity index (χ2v) is 7.82. The minimum Gasteiger partial charge on any atom is -0.506 e. The second-order valence-electron chi connectivity index (χ2n) is 6.96. The summed E-state index contributed by atoms with van der Waals surface area (Å²) < 4.78 is 5.63. The van der Waals surface area contributed by atoms with Gasteiger partial charge in [0.25, 0.3) is 0 Å². The van der Waals surface area contributed by atoms with Gasteiger partial charge in [0.1, 0.15) is 11.5 Å². The van der Waals surface area contributed by atoms with Crippen LogP contribution in [0.4, 0.5) is 0 Å². The summed E-state index contributed by atoms with van der Waals surface area (Å²) in [6, 6.07) is 11.3. The predicted molar refractivity (Wildman–Crippen MR) is 107 cm³/mol. The molecule has 0 saturated heterocycles. The molecule has 0 aliphatic rings. The van der Waals surface area contributed by atoms with Gasteiger partial charge in [-0.25, -0.2) is 5.43 Å². The van der Waals surface area contributed by atoms with Gasteiger partial charge in [-0.05, 0) is 44.6 Å². The van der Waals surface area contributed by atoms with Crippen LogP contribution in [0.1, 0.15) is 37.5 Å². The molecule has 0 heterocycles. The van der Waals surface area contributed by atoms with Gasteiger partial charge < -0.3 is 9.84 Å². The summed E-state index contributed by atoms with van der Waals surface area (Å²) >= 11 is 3.24. The third-order valence-corrected chi connectivity index (χ3v) is 4.48. The standard InChI is InChI=1S/C20H23BrN2O3/c1-20(2,3)15-7-5-13(6-8-15)9-18(24)23-22-12-14-10-16(26-4)11-17(21)19(14)25/h5-8,10-12,25H,9H2,1-4H3,(H,23,24)/b22-12-. The number of aromatic hydroxyl groups is 1. The molecule has 6 heteroatoms. The Balaban J connectivity index is 1.99. The maximum atomic E-state index is 12.0. The zero-order valence-corrected chi connectivity index (χ0v) is 16.9. The van der Waals surface area contributed by atoms with E-state index in [2.05, 4.69) is 47.2 Å². The number of carbonyl (C=O) groups is 1. The molecule has 0 aromatic heterocycles. The fraction of sp³-hybridized carbons (Fsp3) is 0.300. The fourth-order valence-corrected chi connectivity index (χ4v) is 2.79. The summed E-state index contributed by atoms with van der Waals surface area (Å²) in [5, 5.41) is 13.9. The number of hydrogen-bond donors (Lipinski definition) is 2. The lowest BCUT2D eigenvalue weighted by Crippen LogP contribution is -2.20. The highest BCUT2D eigenvalue weighted by atomic mass is 79.9. The van der Waals surface area contributed by atoms with Crippen molar-refractivity contribution in [1.82, 2.24) is 5.43 Å². The van der Waals surface area contributed by atoms with Gasteiger partial charge >= 0.3 is 0 Å². The third-order valence-electron chi connectivity index (χ3n) is 3.88. The van der Waals surface area contributed by atoms with Crippen molar-refractivity contribution in [2.75, 3.05) is 7.11 Å². The molecule has 0 saturated carbocycles. The summed E-state index contributed by atoms with van der Waals surface area (Å²) in [5.74, 6) is 0.370. The Morgan fingerprint density at radius 2 is 1.92 bits per heavy atom. The Morgan fingerprint density at radius 3 is 2.50 bits per heavy atom. The van der Waals surface area contributed by atoms with Crippen LogP contribution in [0.25, 0.3) is 0 Å². The van der Waals surface area contributed by atoms with Gasteiger partial charge in [0.15, 0.2) is 0 Å². The number of amides is 1. The van der Waals surface area contributed by atoms with Crippen LogP contribution in [-0.2, 0) is 16.6 Å². The molecular weight excluding hydrogens is 396 g/mol. The maximum Gasteiger partial charge on any atom is 0.244 e. The number of nitrogens with zero attached hydrogens (tertiary/aromatic N) is 1. The molecule has 5 nitrogen and oxygen atoms in total. The fourth-order valence-electron chi connectivity index (χ4n) is 2.33. The van der Waals surface area contributed by atoms with Crippen LogP contribution in [0, 0.1) is 0 Å². The first-order chi connectivity index (χ1) is 12.2. The molecule has 2 N–H and O–H groups in total. The molecule has 1 amide bonds. The number of phenols is 1. The van der Waals surface area contributed by atoms with Gasteiger partial charge in [-0.2, -0.15) is 5.10 Å². The molecule has 138 valence electrons. The summed E-state index contributed by atoms with van der Waals surface area (Å²) in [4.78, 5) is 12.0. The van der Waals surface area contributed by atoms with Crippen LogP contribution >= 0.6 is 15.9 Å². The molecule has 0 radical (unpaired) electrons. The Labute approximate surface area is 162 Å². The van der Waals surface area contributed by atoms with Crippen LogP contribution in [0.5, 0.6) is 11.5 Å². The van der Waals surface area contributed by atoms with Crippen molar-refractivity contribution in [2.45, 2.75) is 32.6 Å². The number of carbonyl (C=O) groups excluding carboxylic acids is 1. The first-order valence-corrected chi connectivity index (χ1v) is 8.98. The smallest absolute Gasteiger partial charge is 0.244 e. The lowest BCUT2D eigenvalue weighted by Gasteiger charge is -2.19. The van der Waals surface area contributed by atoms with Crippen molar-refractivity contribution in [3.63, 3.8) is 0 Å². The molecule has 2 aromatic carbocycles. The van der Waals surface area contributed by atoms with E-state index in [9.17, 15) is 9.90 Å². The van der Waals surface area contributed by atoms with Gasteiger partial charge in [0, 0.05) is 5.56 Å². The highest BCUT2D eigenvalue weighted by Crippen LogP contribution is 2.31. The van der Waals surface area contributed by atoms with E-state index < -0.39 is 0 Å². The molecule has 0 aliphatic heterocycles. The summed E-state index contributed by atoms with van der Waals surface area (Å²) in [6.45, 7) is 6.45. The van der Waals surface area contributed by atoms with E-state index in [0.717, 1.165) is 5.56 Å². The highest BCUT2D eigenvalue weighted by molar-refractivity contribution is 9.10. The number of hydrazone groups is 1. The average molecular weight is 419 g/mol. The van der Waals surface area contributed by atoms with Gasteiger partial charge in [-0.1, -0.05) is 45.0 Å². The Bertz CT molecular complexity index is 809. The van der Waals surface area contributed by atoms with Crippen molar-refractivity contribution in [1.29, 1.82) is 0 Å². The molecule has 0 unspecified atom stereocenters. The summed E-state index contributed by atoms with van der Waals surface area (Å²) in [5.41, 5.74) is 5.13. The lowest BCUT2D eigenvalue weighted by molar-refractivity contribution is -0.120. The van der Waals surface area contributed by atoms with Crippen molar-refractivity contribution < 1.29 is 14.6 Å². The molecule has 0 fully saturated rings. The minimum absolute atomic E-state index is 0.0292. The van der Waals surface area contributed by atoms with Gasteiger partial charge in [-0.3, -0.25) is 4.79 Å². The summed E-state index contributed by atoms with van der Waals surface area (Å²) in [7, 11) is 1.53.